The minimum Gasteiger partial charge on any atom is -1.00 e. The van der Waals surface area contributed by atoms with E-state index in [4.69, 9.17) is 0 Å². The van der Waals surface area contributed by atoms with Crippen LogP contribution < -0.4 is 0 Å². The van der Waals surface area contributed by atoms with E-state index in [1.807, 2.05) is 0 Å². The van der Waals surface area contributed by atoms with Gasteiger partial charge in [0.1, 0.15) is 0 Å². The summed E-state index contributed by atoms with van der Waals surface area (Å²) >= 11 is 0. The van der Waals surface area contributed by atoms with Crippen molar-refractivity contribution in [2.45, 2.75) is 0 Å². The number of rotatable bonds is 0. The molecule has 0 aliphatic rings. The van der Waals surface area contributed by atoms with Crippen molar-refractivity contribution >= 4 is 61.3 Å². The molecule has 1 unspecified atom stereocenters. The smallest absolute Gasteiger partial charge is 1.00 e. The molecule has 0 saturated heterocycles. The molecular weight excluding hydrogens is 110 g/mol. The van der Waals surface area contributed by atoms with E-state index < -0.39 is 0 Å². The third-order valence-corrected chi connectivity index (χ3v) is 0. The molecule has 0 spiro atoms. The molecular formula is H5AlMgPSi. The standard InChI is InChI=1S/Al.Mg.H3P.Si.2H/h;;1H3;;;/q;+2;;;2*-1. The van der Waals surface area contributed by atoms with E-state index in [9.17, 15) is 0 Å². The van der Waals surface area contributed by atoms with Crippen LogP contribution in [0.1, 0.15) is 2.85 Å². The second kappa shape index (κ2) is 20.3. The van der Waals surface area contributed by atoms with Gasteiger partial charge in [0, 0.05) is 28.3 Å². The van der Waals surface area contributed by atoms with Crippen LogP contribution in [0.3, 0.4) is 0 Å². The first kappa shape index (κ1) is 38.4. The molecule has 0 aromatic rings. The van der Waals surface area contributed by atoms with Crippen LogP contribution in [0.5, 0.6) is 0 Å². The Kier molecular flexibility index (Phi) is 195. The summed E-state index contributed by atoms with van der Waals surface area (Å²) < 4.78 is 0. The first-order chi connectivity index (χ1) is 0. The van der Waals surface area contributed by atoms with Gasteiger partial charge >= 0.3 is 23.1 Å². The SMILES string of the molecule is P.[Al].[H-].[H-].[Mg+2].[Si]. The Morgan fingerprint density at radius 3 is 1.25 bits per heavy atom. The molecule has 0 aromatic heterocycles. The fourth-order valence-corrected chi connectivity index (χ4v) is 0. The summed E-state index contributed by atoms with van der Waals surface area (Å²) in [5.74, 6) is 0. The first-order valence-corrected chi connectivity index (χ1v) is 0. The number of hydrogen-bond acceptors (Lipinski definition) is 0. The zero-order chi connectivity index (χ0) is 0. The predicted octanol–water partition coefficient (Wildman–Crippen LogP) is -0.859. The van der Waals surface area contributed by atoms with E-state index in [1.54, 1.807) is 0 Å². The zero-order valence-electron chi connectivity index (χ0n) is 4.49. The van der Waals surface area contributed by atoms with Gasteiger partial charge in [-0.2, -0.15) is 9.90 Å². The molecule has 0 nitrogen and oxygen atoms in total. The van der Waals surface area contributed by atoms with E-state index in [0.717, 1.165) is 0 Å². The second-order valence-corrected chi connectivity index (χ2v) is 0. The normalized spacial score (nSPS) is 0. The maximum Gasteiger partial charge on any atom is 2.00 e. The molecule has 7 radical (unpaired) electrons. The van der Waals surface area contributed by atoms with Crippen LogP contribution in [0.15, 0.2) is 0 Å². The maximum atomic E-state index is 0. The molecule has 0 saturated carbocycles. The Hall–Kier alpha value is 1.95. The van der Waals surface area contributed by atoms with Gasteiger partial charge in [-0.25, -0.2) is 0 Å². The third kappa shape index (κ3) is 9.04. The summed E-state index contributed by atoms with van der Waals surface area (Å²) in [4.78, 5) is 0. The molecule has 0 N–H and O–H groups in total. The van der Waals surface area contributed by atoms with Gasteiger partial charge in [-0.1, -0.05) is 0 Å². The van der Waals surface area contributed by atoms with Crippen molar-refractivity contribution in [3.63, 3.8) is 0 Å². The van der Waals surface area contributed by atoms with Crippen molar-refractivity contribution in [3.8, 4) is 0 Å². The van der Waals surface area contributed by atoms with E-state index >= 15 is 0 Å². The van der Waals surface area contributed by atoms with Gasteiger partial charge in [0.15, 0.2) is 0 Å². The molecule has 4 heavy (non-hydrogen) atoms. The summed E-state index contributed by atoms with van der Waals surface area (Å²) in [6, 6.07) is 0. The van der Waals surface area contributed by atoms with E-state index in [1.165, 1.54) is 0 Å². The average Bonchev–Trinajstić information content (AvgIpc) is 0. The van der Waals surface area contributed by atoms with Crippen molar-refractivity contribution in [1.82, 2.24) is 0 Å². The fraction of sp³-hybridized carbons (Fsp3) is 0. The molecule has 0 heterocycles. The molecule has 0 bridgehead atoms. The van der Waals surface area contributed by atoms with Crippen molar-refractivity contribution < 1.29 is 2.85 Å². The van der Waals surface area contributed by atoms with E-state index in [-0.39, 0.29) is 64.1 Å². The molecule has 0 fully saturated rings. The van der Waals surface area contributed by atoms with Crippen molar-refractivity contribution in [2.75, 3.05) is 0 Å². The van der Waals surface area contributed by atoms with Gasteiger partial charge < -0.3 is 2.85 Å². The maximum absolute atomic E-state index is 0. The fourth-order valence-electron chi connectivity index (χ4n) is 0. The Balaban J connectivity index is 0. The van der Waals surface area contributed by atoms with Crippen molar-refractivity contribution in [1.29, 1.82) is 0 Å². The summed E-state index contributed by atoms with van der Waals surface area (Å²) in [5.41, 5.74) is 0. The summed E-state index contributed by atoms with van der Waals surface area (Å²) in [6.45, 7) is 0. The van der Waals surface area contributed by atoms with Crippen LogP contribution in [0.2, 0.25) is 0 Å². The molecule has 0 aliphatic carbocycles. The quantitative estimate of drug-likeness (QED) is 0.285. The first-order valence-electron chi connectivity index (χ1n) is 0. The van der Waals surface area contributed by atoms with Crippen LogP contribution in [-0.4, -0.2) is 51.4 Å². The molecule has 0 rings (SSSR count). The van der Waals surface area contributed by atoms with Crippen molar-refractivity contribution in [2.24, 2.45) is 0 Å². The second-order valence-electron chi connectivity index (χ2n) is 0. The summed E-state index contributed by atoms with van der Waals surface area (Å²) in [5, 5.41) is 0. The minimum absolute atomic E-state index is 0. The van der Waals surface area contributed by atoms with Gasteiger partial charge in [0.05, 0.1) is 0 Å². The topological polar surface area (TPSA) is 0 Å². The van der Waals surface area contributed by atoms with Gasteiger partial charge in [-0.3, -0.25) is 0 Å². The Morgan fingerprint density at radius 1 is 1.25 bits per heavy atom. The van der Waals surface area contributed by atoms with Crippen LogP contribution >= 0.6 is 9.90 Å². The molecule has 0 amide bonds. The Morgan fingerprint density at radius 2 is 1.25 bits per heavy atom. The summed E-state index contributed by atoms with van der Waals surface area (Å²) in [7, 11) is 0. The van der Waals surface area contributed by atoms with Crippen LogP contribution in [0.25, 0.3) is 0 Å². The largest absolute Gasteiger partial charge is 2.00 e. The average molecular weight is 115 g/mol. The molecule has 4 heteroatoms. The Labute approximate surface area is 64.0 Å². The van der Waals surface area contributed by atoms with Gasteiger partial charge in [0.2, 0.25) is 0 Å². The molecule has 1 atom stereocenters. The molecule has 0 aromatic carbocycles. The number of hydrogen-bond donors (Lipinski definition) is 0. The third-order valence-electron chi connectivity index (χ3n) is 0. The summed E-state index contributed by atoms with van der Waals surface area (Å²) in [6.07, 6.45) is 0. The van der Waals surface area contributed by atoms with Gasteiger partial charge in [0.25, 0.3) is 0 Å². The molecule has 0 aliphatic heterocycles. The van der Waals surface area contributed by atoms with E-state index in [2.05, 4.69) is 0 Å². The van der Waals surface area contributed by atoms with Crippen LogP contribution in [0.4, 0.5) is 0 Å². The van der Waals surface area contributed by atoms with Gasteiger partial charge in [-0.05, 0) is 0 Å². The molecule has 19 valence electrons. The Bertz CT molecular complexity index is 13.5. The minimum atomic E-state index is 0. The van der Waals surface area contributed by atoms with E-state index in [0.29, 0.717) is 0 Å². The monoisotopic (exact) mass is 115 g/mol. The van der Waals surface area contributed by atoms with Crippen molar-refractivity contribution in [3.05, 3.63) is 0 Å². The van der Waals surface area contributed by atoms with Crippen LogP contribution in [-0.2, 0) is 0 Å². The van der Waals surface area contributed by atoms with Gasteiger partial charge in [-0.15, -0.1) is 0 Å². The zero-order valence-corrected chi connectivity index (χ0v) is 7.47. The van der Waals surface area contributed by atoms with Crippen LogP contribution in [0, 0.1) is 0 Å². The predicted molar refractivity (Wildman–Crippen MR) is 30.6 cm³/mol.